The van der Waals surface area contributed by atoms with E-state index in [0.29, 0.717) is 78.1 Å². The highest BCUT2D eigenvalue weighted by molar-refractivity contribution is 7.93. The zero-order valence-corrected chi connectivity index (χ0v) is 37.6. The molecule has 0 atom stereocenters. The molecular weight excluding hydrogens is 913 g/mol. The Morgan fingerprint density at radius 2 is 1.24 bits per heavy atom. The molecule has 2 aromatic heterocycles. The van der Waals surface area contributed by atoms with Crippen LogP contribution in [0.4, 0.5) is 15.1 Å². The third-order valence-corrected chi connectivity index (χ3v) is 14.2. The number of morpholine rings is 1. The molecule has 2 aliphatic heterocycles. The van der Waals surface area contributed by atoms with Crippen LogP contribution in [0.15, 0.2) is 46.2 Å². The van der Waals surface area contributed by atoms with Gasteiger partial charge in [0.15, 0.2) is 0 Å². The zero-order chi connectivity index (χ0) is 43.1. The Morgan fingerprint density at radius 1 is 0.729 bits per heavy atom. The van der Waals surface area contributed by atoms with Crippen LogP contribution in [0.1, 0.15) is 36.3 Å². The molecule has 2 aliphatic rings. The Morgan fingerprint density at radius 3 is 1.76 bits per heavy atom. The Kier molecular flexibility index (Phi) is 15.4. The predicted molar refractivity (Wildman–Crippen MR) is 223 cm³/mol. The molecule has 0 aliphatic carbocycles. The molecule has 2 N–H and O–H groups in total. The number of benzene rings is 2. The van der Waals surface area contributed by atoms with Gasteiger partial charge in [0.25, 0.3) is 20.0 Å². The standard InChI is InChI=1S/C20H26ClN5O5S2.C14H14Cl2N4O4S2/c1-13-14(21)6-5-7-15(13)33(29,30)24-18-23-22-16(32-18)12-17(27)25-8-10-26(11-9-25)19(28)31-20(2,3)4;15-9-1-2-11(10(16)7-9)26(22,23)19-14-18-17-12(25-14)8-13(21)20-3-5-24-6-4-20/h5-7H,8-12H2,1-4H3,(H,23,24);1-2,7H,3-6,8H2,(H,18,19). The number of nitrogens with zero attached hydrogens (tertiary/aromatic N) is 7. The van der Waals surface area contributed by atoms with Crippen LogP contribution in [-0.4, -0.2) is 128 Å². The molecule has 2 fully saturated rings. The van der Waals surface area contributed by atoms with E-state index in [-0.39, 0.29) is 49.7 Å². The van der Waals surface area contributed by atoms with Crippen LogP contribution in [0.5, 0.6) is 0 Å². The largest absolute Gasteiger partial charge is 0.444 e. The zero-order valence-electron chi connectivity index (χ0n) is 32.1. The van der Waals surface area contributed by atoms with Crippen molar-refractivity contribution < 1.29 is 40.7 Å². The molecule has 6 rings (SSSR count). The molecule has 3 amide bonds. The lowest BCUT2D eigenvalue weighted by molar-refractivity contribution is -0.134. The van der Waals surface area contributed by atoms with Crippen molar-refractivity contribution in [2.75, 3.05) is 61.9 Å². The molecule has 2 aromatic carbocycles. The van der Waals surface area contributed by atoms with E-state index in [1.165, 1.54) is 24.3 Å². The van der Waals surface area contributed by atoms with Gasteiger partial charge in [-0.2, -0.15) is 0 Å². The molecule has 320 valence electrons. The van der Waals surface area contributed by atoms with Crippen molar-refractivity contribution >= 4 is 106 Å². The van der Waals surface area contributed by atoms with Crippen LogP contribution in [0.2, 0.25) is 15.1 Å². The third kappa shape index (κ3) is 13.0. The van der Waals surface area contributed by atoms with Gasteiger partial charge < -0.3 is 24.2 Å². The third-order valence-electron chi connectivity index (χ3n) is 8.32. The summed E-state index contributed by atoms with van der Waals surface area (Å²) in [6.07, 6.45) is -0.353. The number of piperazine rings is 1. The first-order valence-corrected chi connectivity index (χ1v) is 23.5. The summed E-state index contributed by atoms with van der Waals surface area (Å²) in [5.41, 5.74) is -0.149. The first-order chi connectivity index (χ1) is 27.7. The second-order valence-corrected chi connectivity index (χ2v) is 20.5. The molecule has 59 heavy (non-hydrogen) atoms. The number of carbonyl (C=O) groups is 3. The Balaban J connectivity index is 0.000000230. The number of sulfonamides is 2. The Labute approximate surface area is 364 Å². The fraction of sp³-hybridized carbons (Fsp3) is 0.441. The van der Waals surface area contributed by atoms with E-state index in [2.05, 4.69) is 29.8 Å². The summed E-state index contributed by atoms with van der Waals surface area (Å²) in [6, 6.07) is 8.68. The van der Waals surface area contributed by atoms with Gasteiger partial charge in [0.1, 0.15) is 20.5 Å². The fourth-order valence-corrected chi connectivity index (χ4v) is 10.6. The number of rotatable bonds is 10. The molecule has 0 spiro atoms. The summed E-state index contributed by atoms with van der Waals surface area (Å²) in [5.74, 6) is -0.269. The number of aromatic nitrogens is 4. The molecule has 0 bridgehead atoms. The van der Waals surface area contributed by atoms with Crippen molar-refractivity contribution in [1.82, 2.24) is 35.1 Å². The molecule has 25 heteroatoms. The number of anilines is 2. The quantitative estimate of drug-likeness (QED) is 0.215. The van der Waals surface area contributed by atoms with Crippen LogP contribution < -0.4 is 9.44 Å². The smallest absolute Gasteiger partial charge is 0.410 e. The summed E-state index contributed by atoms with van der Waals surface area (Å²) < 4.78 is 65.5. The van der Waals surface area contributed by atoms with Gasteiger partial charge in [-0.1, -0.05) is 63.5 Å². The minimum absolute atomic E-state index is 0.00256. The number of amides is 3. The predicted octanol–water partition coefficient (Wildman–Crippen LogP) is 4.97. The molecule has 0 radical (unpaired) electrons. The SMILES string of the molecule is Cc1c(Cl)cccc1S(=O)(=O)Nc1nnc(CC(=O)N2CCN(C(=O)OC(C)(C)C)CC2)s1.O=C(Cc1nnc(NS(=O)(=O)c2ccc(Cl)cc2Cl)s1)N1CCOCC1. The number of halogens is 3. The Hall–Kier alpha value is -3.90. The van der Waals surface area contributed by atoms with Gasteiger partial charge in [0.05, 0.1) is 36.0 Å². The van der Waals surface area contributed by atoms with Crippen LogP contribution in [0, 0.1) is 6.92 Å². The summed E-state index contributed by atoms with van der Waals surface area (Å²) in [7, 11) is -7.84. The highest BCUT2D eigenvalue weighted by Gasteiger charge is 2.29. The van der Waals surface area contributed by atoms with Gasteiger partial charge in [-0.25, -0.2) is 21.6 Å². The molecule has 0 unspecified atom stereocenters. The average molecular weight is 953 g/mol. The first-order valence-electron chi connectivity index (χ1n) is 17.7. The normalized spacial score (nSPS) is 14.9. The van der Waals surface area contributed by atoms with E-state index < -0.39 is 31.7 Å². The van der Waals surface area contributed by atoms with E-state index in [1.807, 2.05) is 0 Å². The molecule has 18 nitrogen and oxygen atoms in total. The van der Waals surface area contributed by atoms with Gasteiger partial charge in [0.2, 0.25) is 22.1 Å². The summed E-state index contributed by atoms with van der Waals surface area (Å²) in [4.78, 5) is 41.8. The molecule has 0 saturated carbocycles. The molecule has 4 aromatic rings. The van der Waals surface area contributed by atoms with E-state index in [0.717, 1.165) is 22.7 Å². The van der Waals surface area contributed by atoms with Crippen LogP contribution in [0.25, 0.3) is 0 Å². The van der Waals surface area contributed by atoms with Crippen molar-refractivity contribution in [3.05, 3.63) is 67.0 Å². The number of carbonyl (C=O) groups excluding carboxylic acids is 3. The van der Waals surface area contributed by atoms with Crippen molar-refractivity contribution in [3.8, 4) is 0 Å². The van der Waals surface area contributed by atoms with Crippen molar-refractivity contribution in [3.63, 3.8) is 0 Å². The number of nitrogens with one attached hydrogen (secondary N) is 2. The van der Waals surface area contributed by atoms with E-state index in [4.69, 9.17) is 44.3 Å². The van der Waals surface area contributed by atoms with Crippen molar-refractivity contribution in [2.45, 2.75) is 55.9 Å². The van der Waals surface area contributed by atoms with E-state index in [9.17, 15) is 31.2 Å². The molecule has 4 heterocycles. The topological polar surface area (TPSA) is 223 Å². The fourth-order valence-electron chi connectivity index (χ4n) is 5.40. The minimum atomic E-state index is -3.94. The molecule has 2 saturated heterocycles. The van der Waals surface area contributed by atoms with E-state index >= 15 is 0 Å². The van der Waals surface area contributed by atoms with Gasteiger partial charge in [-0.15, -0.1) is 20.4 Å². The van der Waals surface area contributed by atoms with Crippen molar-refractivity contribution in [1.29, 1.82) is 0 Å². The number of hydrogen-bond acceptors (Lipinski definition) is 15. The maximum absolute atomic E-state index is 12.7. The van der Waals surface area contributed by atoms with Crippen LogP contribution in [-0.2, 0) is 52.0 Å². The number of ether oxygens (including phenoxy) is 2. The van der Waals surface area contributed by atoms with Crippen LogP contribution in [0.3, 0.4) is 0 Å². The lowest BCUT2D eigenvalue weighted by Crippen LogP contribution is -2.51. The lowest BCUT2D eigenvalue weighted by Gasteiger charge is -2.35. The average Bonchev–Trinajstić information content (AvgIpc) is 3.80. The van der Waals surface area contributed by atoms with E-state index in [1.54, 1.807) is 54.5 Å². The minimum Gasteiger partial charge on any atom is -0.444 e. The summed E-state index contributed by atoms with van der Waals surface area (Å²) in [6.45, 7) is 10.6. The van der Waals surface area contributed by atoms with Gasteiger partial charge in [-0.3, -0.25) is 19.0 Å². The van der Waals surface area contributed by atoms with Gasteiger partial charge >= 0.3 is 6.09 Å². The first kappa shape index (κ1) is 46.2. The van der Waals surface area contributed by atoms with Crippen LogP contribution >= 0.6 is 57.5 Å². The van der Waals surface area contributed by atoms with Crippen molar-refractivity contribution in [2.24, 2.45) is 0 Å². The second kappa shape index (κ2) is 19.7. The molecular formula is C34H40Cl3N9O9S4. The monoisotopic (exact) mass is 951 g/mol. The highest BCUT2D eigenvalue weighted by Crippen LogP contribution is 2.29. The maximum atomic E-state index is 12.7. The Bertz CT molecular complexity index is 2380. The second-order valence-electron chi connectivity index (χ2n) is 13.8. The maximum Gasteiger partial charge on any atom is 0.410 e. The number of hydrogen-bond donors (Lipinski definition) is 2. The summed E-state index contributed by atoms with van der Waals surface area (Å²) >= 11 is 19.7. The lowest BCUT2D eigenvalue weighted by atomic mass is 10.2. The highest BCUT2D eigenvalue weighted by atomic mass is 35.5. The summed E-state index contributed by atoms with van der Waals surface area (Å²) in [5, 5.41) is 17.0. The van der Waals surface area contributed by atoms with Gasteiger partial charge in [-0.05, 0) is 63.6 Å². The van der Waals surface area contributed by atoms with Gasteiger partial charge in [0, 0.05) is 49.3 Å².